The van der Waals surface area contributed by atoms with Gasteiger partial charge in [0.25, 0.3) is 0 Å². The van der Waals surface area contributed by atoms with Gasteiger partial charge in [0, 0.05) is 44.6 Å². The summed E-state index contributed by atoms with van der Waals surface area (Å²) in [6, 6.07) is 9.80. The van der Waals surface area contributed by atoms with Crippen molar-refractivity contribution in [3.8, 4) is 0 Å². The molecule has 0 aliphatic carbocycles. The molecule has 3 nitrogen and oxygen atoms in total. The number of hydrogen-bond acceptors (Lipinski definition) is 3. The number of nitrogens with one attached hydrogen (secondary N) is 1. The molecule has 21 heavy (non-hydrogen) atoms. The van der Waals surface area contributed by atoms with Crippen LogP contribution in [0.25, 0.3) is 0 Å². The summed E-state index contributed by atoms with van der Waals surface area (Å²) in [4.78, 5) is 6.65. The van der Waals surface area contributed by atoms with Crippen LogP contribution < -0.4 is 5.32 Å². The largest absolute Gasteiger partial charge is 0.314 e. The number of piperazine rings is 1. The van der Waals surface area contributed by atoms with Gasteiger partial charge in [-0.25, -0.2) is 4.39 Å². The molecule has 3 rings (SSSR count). The van der Waals surface area contributed by atoms with Gasteiger partial charge in [-0.15, -0.1) is 0 Å². The first kappa shape index (κ1) is 14.2. The van der Waals surface area contributed by atoms with Crippen LogP contribution in [0.5, 0.6) is 0 Å². The van der Waals surface area contributed by atoms with E-state index in [1.807, 2.05) is 31.3 Å². The van der Waals surface area contributed by atoms with Crippen LogP contribution in [0.15, 0.2) is 42.7 Å². The molecular formula is C17H20FN3. The average molecular weight is 285 g/mol. The predicted octanol–water partition coefficient (Wildman–Crippen LogP) is 2.68. The molecule has 0 amide bonds. The first-order valence-corrected chi connectivity index (χ1v) is 7.34. The molecule has 1 aliphatic rings. The third kappa shape index (κ3) is 3.28. The highest BCUT2D eigenvalue weighted by atomic mass is 19.1. The molecule has 4 heteroatoms. The van der Waals surface area contributed by atoms with Crippen molar-refractivity contribution in [2.45, 2.75) is 19.5 Å². The van der Waals surface area contributed by atoms with Gasteiger partial charge in [-0.1, -0.05) is 18.2 Å². The lowest BCUT2D eigenvalue weighted by atomic mass is 10.0. The number of rotatable bonds is 3. The lowest BCUT2D eigenvalue weighted by molar-refractivity contribution is 0.153. The van der Waals surface area contributed by atoms with Gasteiger partial charge in [0.2, 0.25) is 0 Å². The summed E-state index contributed by atoms with van der Waals surface area (Å²) in [5, 5.41) is 3.44. The Hall–Kier alpha value is -1.78. The van der Waals surface area contributed by atoms with E-state index in [9.17, 15) is 4.39 Å². The summed E-state index contributed by atoms with van der Waals surface area (Å²) in [6.07, 6.45) is 3.73. The van der Waals surface area contributed by atoms with Gasteiger partial charge >= 0.3 is 0 Å². The molecule has 2 aromatic rings. The highest BCUT2D eigenvalue weighted by Gasteiger charge is 2.23. The molecular weight excluding hydrogens is 265 g/mol. The Labute approximate surface area is 124 Å². The Morgan fingerprint density at radius 3 is 3.05 bits per heavy atom. The van der Waals surface area contributed by atoms with Crippen molar-refractivity contribution >= 4 is 0 Å². The zero-order valence-corrected chi connectivity index (χ0v) is 12.2. The molecule has 0 bridgehead atoms. The average Bonchev–Trinajstić information content (AvgIpc) is 2.52. The third-order valence-corrected chi connectivity index (χ3v) is 4.03. The second-order valence-corrected chi connectivity index (χ2v) is 5.56. The Kier molecular flexibility index (Phi) is 4.27. The fraction of sp³-hybridized carbons (Fsp3) is 0.353. The van der Waals surface area contributed by atoms with Crippen LogP contribution in [0.1, 0.15) is 22.7 Å². The minimum atomic E-state index is -0.136. The quantitative estimate of drug-likeness (QED) is 0.940. The van der Waals surface area contributed by atoms with Crippen molar-refractivity contribution in [2.75, 3.05) is 19.6 Å². The van der Waals surface area contributed by atoms with E-state index < -0.39 is 0 Å². The summed E-state index contributed by atoms with van der Waals surface area (Å²) in [6.45, 7) is 5.54. The molecule has 1 aliphatic heterocycles. The van der Waals surface area contributed by atoms with Crippen molar-refractivity contribution in [2.24, 2.45) is 0 Å². The van der Waals surface area contributed by atoms with E-state index >= 15 is 0 Å². The minimum absolute atomic E-state index is 0.136. The van der Waals surface area contributed by atoms with E-state index in [0.717, 1.165) is 31.7 Å². The molecule has 1 fully saturated rings. The van der Waals surface area contributed by atoms with Crippen LogP contribution in [-0.4, -0.2) is 29.5 Å². The lowest BCUT2D eigenvalue weighted by Crippen LogP contribution is -2.45. The van der Waals surface area contributed by atoms with Gasteiger partial charge in [0.15, 0.2) is 0 Å². The van der Waals surface area contributed by atoms with Crippen LogP contribution in [0.2, 0.25) is 0 Å². The monoisotopic (exact) mass is 285 g/mol. The van der Waals surface area contributed by atoms with Crippen LogP contribution in [0.4, 0.5) is 4.39 Å². The van der Waals surface area contributed by atoms with Crippen LogP contribution in [-0.2, 0) is 6.54 Å². The summed E-state index contributed by atoms with van der Waals surface area (Å²) < 4.78 is 13.4. The molecule has 0 saturated carbocycles. The minimum Gasteiger partial charge on any atom is -0.314 e. The number of nitrogens with zero attached hydrogens (tertiary/aromatic N) is 2. The number of benzene rings is 1. The van der Waals surface area contributed by atoms with E-state index in [4.69, 9.17) is 0 Å². The van der Waals surface area contributed by atoms with E-state index in [1.54, 1.807) is 12.3 Å². The van der Waals surface area contributed by atoms with Crippen LogP contribution in [0, 0.1) is 12.7 Å². The highest BCUT2D eigenvalue weighted by Crippen LogP contribution is 2.24. The molecule has 1 aromatic heterocycles. The third-order valence-electron chi connectivity index (χ3n) is 4.03. The van der Waals surface area contributed by atoms with Gasteiger partial charge in [-0.2, -0.15) is 0 Å². The molecule has 1 N–H and O–H groups in total. The zero-order valence-electron chi connectivity index (χ0n) is 12.2. The number of halogens is 1. The topological polar surface area (TPSA) is 28.2 Å². The molecule has 1 saturated heterocycles. The SMILES string of the molecule is Cc1cc(CN2CCNCC2c2cccnc2)ccc1F. The Balaban J connectivity index is 1.79. The number of aromatic nitrogens is 1. The van der Waals surface area contributed by atoms with Gasteiger partial charge in [0.1, 0.15) is 5.82 Å². The van der Waals surface area contributed by atoms with Crippen molar-refractivity contribution in [3.63, 3.8) is 0 Å². The van der Waals surface area contributed by atoms with E-state index in [2.05, 4.69) is 21.3 Å². The smallest absolute Gasteiger partial charge is 0.126 e. The second-order valence-electron chi connectivity index (χ2n) is 5.56. The van der Waals surface area contributed by atoms with Gasteiger partial charge in [0.05, 0.1) is 0 Å². The number of aryl methyl sites for hydroxylation is 1. The zero-order chi connectivity index (χ0) is 14.7. The molecule has 0 radical (unpaired) electrons. The highest BCUT2D eigenvalue weighted by molar-refractivity contribution is 5.24. The second kappa shape index (κ2) is 6.33. The lowest BCUT2D eigenvalue weighted by Gasteiger charge is -2.36. The maximum Gasteiger partial charge on any atom is 0.126 e. The van der Waals surface area contributed by atoms with Crippen molar-refractivity contribution in [1.29, 1.82) is 0 Å². The van der Waals surface area contributed by atoms with E-state index in [-0.39, 0.29) is 5.82 Å². The Morgan fingerprint density at radius 2 is 2.29 bits per heavy atom. The first-order chi connectivity index (χ1) is 10.2. The fourth-order valence-electron chi connectivity index (χ4n) is 2.88. The van der Waals surface area contributed by atoms with Gasteiger partial charge in [-0.05, 0) is 35.7 Å². The Bertz CT molecular complexity index is 600. The van der Waals surface area contributed by atoms with E-state index in [1.165, 1.54) is 5.56 Å². The molecule has 110 valence electrons. The van der Waals surface area contributed by atoms with Crippen molar-refractivity contribution in [1.82, 2.24) is 15.2 Å². The number of hydrogen-bond donors (Lipinski definition) is 1. The fourth-order valence-corrected chi connectivity index (χ4v) is 2.88. The van der Waals surface area contributed by atoms with E-state index in [0.29, 0.717) is 11.6 Å². The predicted molar refractivity (Wildman–Crippen MR) is 81.4 cm³/mol. The van der Waals surface area contributed by atoms with Crippen molar-refractivity contribution in [3.05, 3.63) is 65.2 Å². The summed E-state index contributed by atoms with van der Waals surface area (Å²) in [7, 11) is 0. The summed E-state index contributed by atoms with van der Waals surface area (Å²) in [5.74, 6) is -0.136. The molecule has 1 atom stereocenters. The van der Waals surface area contributed by atoms with Crippen LogP contribution in [0.3, 0.4) is 0 Å². The van der Waals surface area contributed by atoms with Gasteiger partial charge < -0.3 is 5.32 Å². The molecule has 2 heterocycles. The van der Waals surface area contributed by atoms with Gasteiger partial charge in [-0.3, -0.25) is 9.88 Å². The number of pyridine rings is 1. The Morgan fingerprint density at radius 1 is 1.38 bits per heavy atom. The molecule has 1 unspecified atom stereocenters. The van der Waals surface area contributed by atoms with Crippen molar-refractivity contribution < 1.29 is 4.39 Å². The molecule has 0 spiro atoms. The van der Waals surface area contributed by atoms with Crippen LogP contribution >= 0.6 is 0 Å². The normalized spacial score (nSPS) is 19.6. The molecule has 1 aromatic carbocycles. The standard InChI is InChI=1S/C17H20FN3/c1-13-9-14(4-5-16(13)18)12-21-8-7-20-11-17(21)15-3-2-6-19-10-15/h2-6,9-10,17,20H,7-8,11-12H2,1H3. The maximum absolute atomic E-state index is 13.4. The summed E-state index contributed by atoms with van der Waals surface area (Å²) in [5.41, 5.74) is 3.09. The summed E-state index contributed by atoms with van der Waals surface area (Å²) >= 11 is 0. The first-order valence-electron chi connectivity index (χ1n) is 7.34. The maximum atomic E-state index is 13.4.